The van der Waals surface area contributed by atoms with Crippen LogP contribution < -0.4 is 10.6 Å². The number of hydrogen-bond acceptors (Lipinski definition) is 3. The molecular formula is C16H24N4O. The van der Waals surface area contributed by atoms with E-state index in [1.165, 1.54) is 0 Å². The van der Waals surface area contributed by atoms with Gasteiger partial charge in [-0.2, -0.15) is 0 Å². The number of aryl methyl sites for hydroxylation is 1. The molecule has 21 heavy (non-hydrogen) atoms. The lowest BCUT2D eigenvalue weighted by atomic mass is 10.2. The normalized spacial score (nSPS) is 11.2. The second kappa shape index (κ2) is 7.22. The number of aromatic nitrogens is 2. The predicted molar refractivity (Wildman–Crippen MR) is 84.9 cm³/mol. The number of hydrogen-bond donors (Lipinski definition) is 2. The van der Waals surface area contributed by atoms with Gasteiger partial charge in [-0.25, -0.2) is 4.98 Å². The van der Waals surface area contributed by atoms with Crippen molar-refractivity contribution in [3.63, 3.8) is 0 Å². The standard InChI is InChI=1S/C16H24N4O/c1-12(2)10-18-16(21)8-9-17-11-15-19-13-6-4-5-7-14(13)20(15)3/h4-7,12,17H,8-11H2,1-3H3,(H,18,21). The zero-order valence-corrected chi connectivity index (χ0v) is 13.0. The molecule has 0 aliphatic heterocycles. The number of para-hydroxylation sites is 2. The first-order valence-electron chi connectivity index (χ1n) is 7.45. The van der Waals surface area contributed by atoms with Crippen LogP contribution in [-0.2, 0) is 18.4 Å². The van der Waals surface area contributed by atoms with E-state index in [0.717, 1.165) is 23.4 Å². The molecule has 1 heterocycles. The molecule has 5 heteroatoms. The Morgan fingerprint density at radius 3 is 2.81 bits per heavy atom. The highest BCUT2D eigenvalue weighted by Crippen LogP contribution is 2.13. The van der Waals surface area contributed by atoms with Gasteiger partial charge < -0.3 is 15.2 Å². The highest BCUT2D eigenvalue weighted by Gasteiger charge is 2.07. The molecule has 0 fully saturated rings. The molecular weight excluding hydrogens is 264 g/mol. The summed E-state index contributed by atoms with van der Waals surface area (Å²) in [7, 11) is 2.02. The van der Waals surface area contributed by atoms with Crippen molar-refractivity contribution < 1.29 is 4.79 Å². The molecule has 2 rings (SSSR count). The molecule has 0 unspecified atom stereocenters. The summed E-state index contributed by atoms with van der Waals surface area (Å²) in [6.07, 6.45) is 0.497. The smallest absolute Gasteiger partial charge is 0.221 e. The zero-order valence-electron chi connectivity index (χ0n) is 13.0. The van der Waals surface area contributed by atoms with Gasteiger partial charge in [0.15, 0.2) is 0 Å². The van der Waals surface area contributed by atoms with E-state index in [1.807, 2.05) is 25.2 Å². The van der Waals surface area contributed by atoms with Crippen molar-refractivity contribution in [1.82, 2.24) is 20.2 Å². The Morgan fingerprint density at radius 1 is 1.33 bits per heavy atom. The lowest BCUT2D eigenvalue weighted by molar-refractivity contribution is -0.121. The summed E-state index contributed by atoms with van der Waals surface area (Å²) in [5, 5.41) is 6.19. The SMILES string of the molecule is CC(C)CNC(=O)CCNCc1nc2ccccc2n1C. The monoisotopic (exact) mass is 288 g/mol. The van der Waals surface area contributed by atoms with E-state index in [-0.39, 0.29) is 5.91 Å². The molecule has 2 N–H and O–H groups in total. The van der Waals surface area contributed by atoms with Crippen LogP contribution in [0.4, 0.5) is 0 Å². The molecule has 0 bridgehead atoms. The van der Waals surface area contributed by atoms with Crippen LogP contribution in [0.3, 0.4) is 0 Å². The maximum atomic E-state index is 11.6. The van der Waals surface area contributed by atoms with Gasteiger partial charge in [0, 0.05) is 26.6 Å². The van der Waals surface area contributed by atoms with Gasteiger partial charge in [0.1, 0.15) is 5.82 Å². The van der Waals surface area contributed by atoms with E-state index < -0.39 is 0 Å². The number of benzene rings is 1. The van der Waals surface area contributed by atoms with Crippen molar-refractivity contribution in [1.29, 1.82) is 0 Å². The Kier molecular flexibility index (Phi) is 5.33. The first kappa shape index (κ1) is 15.5. The van der Waals surface area contributed by atoms with E-state index in [0.29, 0.717) is 25.4 Å². The molecule has 1 amide bonds. The second-order valence-corrected chi connectivity index (χ2v) is 5.70. The minimum absolute atomic E-state index is 0.0983. The van der Waals surface area contributed by atoms with Crippen LogP contribution in [-0.4, -0.2) is 28.5 Å². The average molecular weight is 288 g/mol. The fourth-order valence-corrected chi connectivity index (χ4v) is 2.16. The van der Waals surface area contributed by atoms with E-state index in [1.54, 1.807) is 0 Å². The molecule has 114 valence electrons. The van der Waals surface area contributed by atoms with Crippen LogP contribution in [0, 0.1) is 5.92 Å². The van der Waals surface area contributed by atoms with Crippen molar-refractivity contribution in [2.75, 3.05) is 13.1 Å². The number of nitrogens with one attached hydrogen (secondary N) is 2. The lowest BCUT2D eigenvalue weighted by Crippen LogP contribution is -2.30. The van der Waals surface area contributed by atoms with Crippen molar-refractivity contribution in [3.05, 3.63) is 30.1 Å². The van der Waals surface area contributed by atoms with Crippen LogP contribution in [0.5, 0.6) is 0 Å². The highest BCUT2D eigenvalue weighted by molar-refractivity contribution is 5.76. The van der Waals surface area contributed by atoms with E-state index in [2.05, 4.69) is 40.1 Å². The summed E-state index contributed by atoms with van der Waals surface area (Å²) in [6.45, 7) is 6.24. The van der Waals surface area contributed by atoms with Gasteiger partial charge in [-0.3, -0.25) is 4.79 Å². The van der Waals surface area contributed by atoms with Crippen molar-refractivity contribution in [2.24, 2.45) is 13.0 Å². The van der Waals surface area contributed by atoms with E-state index in [4.69, 9.17) is 0 Å². The average Bonchev–Trinajstić information content (AvgIpc) is 2.78. The summed E-state index contributed by atoms with van der Waals surface area (Å²) in [5.41, 5.74) is 2.13. The maximum absolute atomic E-state index is 11.6. The molecule has 0 saturated heterocycles. The van der Waals surface area contributed by atoms with Gasteiger partial charge in [0.2, 0.25) is 5.91 Å². The number of amides is 1. The summed E-state index contributed by atoms with van der Waals surface area (Å²) in [6, 6.07) is 8.08. The van der Waals surface area contributed by atoms with Gasteiger partial charge in [-0.15, -0.1) is 0 Å². The van der Waals surface area contributed by atoms with E-state index in [9.17, 15) is 4.79 Å². The van der Waals surface area contributed by atoms with Crippen LogP contribution in [0.1, 0.15) is 26.1 Å². The van der Waals surface area contributed by atoms with Crippen molar-refractivity contribution in [2.45, 2.75) is 26.8 Å². The molecule has 0 radical (unpaired) electrons. The summed E-state index contributed by atoms with van der Waals surface area (Å²) in [5.74, 6) is 1.57. The predicted octanol–water partition coefficient (Wildman–Crippen LogP) is 1.83. The number of imidazole rings is 1. The molecule has 2 aromatic rings. The summed E-state index contributed by atoms with van der Waals surface area (Å²) >= 11 is 0. The minimum Gasteiger partial charge on any atom is -0.356 e. The maximum Gasteiger partial charge on any atom is 0.221 e. The van der Waals surface area contributed by atoms with Crippen LogP contribution >= 0.6 is 0 Å². The van der Waals surface area contributed by atoms with Crippen LogP contribution in [0.2, 0.25) is 0 Å². The molecule has 0 aliphatic rings. The third-order valence-electron chi connectivity index (χ3n) is 3.40. The molecule has 0 spiro atoms. The number of carbonyl (C=O) groups is 1. The van der Waals surface area contributed by atoms with Crippen molar-refractivity contribution in [3.8, 4) is 0 Å². The Labute approximate surface area is 125 Å². The molecule has 1 aromatic heterocycles. The molecule has 0 aliphatic carbocycles. The lowest BCUT2D eigenvalue weighted by Gasteiger charge is -2.08. The van der Waals surface area contributed by atoms with Gasteiger partial charge in [-0.1, -0.05) is 26.0 Å². The Bertz CT molecular complexity index is 603. The Balaban J connectivity index is 1.78. The third-order valence-corrected chi connectivity index (χ3v) is 3.40. The van der Waals surface area contributed by atoms with Crippen molar-refractivity contribution >= 4 is 16.9 Å². The second-order valence-electron chi connectivity index (χ2n) is 5.70. The summed E-state index contributed by atoms with van der Waals surface area (Å²) < 4.78 is 2.08. The molecule has 5 nitrogen and oxygen atoms in total. The summed E-state index contributed by atoms with van der Waals surface area (Å²) in [4.78, 5) is 16.2. The third kappa shape index (κ3) is 4.29. The van der Waals surface area contributed by atoms with Gasteiger partial charge in [0.25, 0.3) is 0 Å². The first-order valence-corrected chi connectivity index (χ1v) is 7.45. The van der Waals surface area contributed by atoms with Gasteiger partial charge in [-0.05, 0) is 18.1 Å². The molecule has 0 atom stereocenters. The molecule has 1 aromatic carbocycles. The number of rotatable bonds is 7. The number of nitrogens with zero attached hydrogens (tertiary/aromatic N) is 2. The Hall–Kier alpha value is -1.88. The molecule has 0 saturated carbocycles. The number of carbonyl (C=O) groups excluding carboxylic acids is 1. The van der Waals surface area contributed by atoms with E-state index >= 15 is 0 Å². The fourth-order valence-electron chi connectivity index (χ4n) is 2.16. The topological polar surface area (TPSA) is 59.0 Å². The van der Waals surface area contributed by atoms with Gasteiger partial charge in [0.05, 0.1) is 17.6 Å². The zero-order chi connectivity index (χ0) is 15.2. The van der Waals surface area contributed by atoms with Crippen LogP contribution in [0.25, 0.3) is 11.0 Å². The van der Waals surface area contributed by atoms with Gasteiger partial charge >= 0.3 is 0 Å². The van der Waals surface area contributed by atoms with Crippen LogP contribution in [0.15, 0.2) is 24.3 Å². The highest BCUT2D eigenvalue weighted by atomic mass is 16.1. The fraction of sp³-hybridized carbons (Fsp3) is 0.500. The largest absolute Gasteiger partial charge is 0.356 e. The number of fused-ring (bicyclic) bond motifs is 1. The first-order chi connectivity index (χ1) is 10.1. The minimum atomic E-state index is 0.0983. The Morgan fingerprint density at radius 2 is 2.10 bits per heavy atom. The quantitative estimate of drug-likeness (QED) is 0.764.